The number of nitrogens with one attached hydrogen (secondary N) is 1. The van der Waals surface area contributed by atoms with Crippen molar-refractivity contribution in [3.8, 4) is 11.5 Å². The van der Waals surface area contributed by atoms with Gasteiger partial charge in [0.15, 0.2) is 0 Å². The van der Waals surface area contributed by atoms with Crippen LogP contribution in [0.3, 0.4) is 0 Å². The third-order valence-corrected chi connectivity index (χ3v) is 3.44. The number of hydrogen-bond acceptors (Lipinski definition) is 4. The minimum absolute atomic E-state index is 0.286. The fourth-order valence-electron chi connectivity index (χ4n) is 1.77. The van der Waals surface area contributed by atoms with Gasteiger partial charge in [0.05, 0.1) is 20.4 Å². The molecule has 0 fully saturated rings. The van der Waals surface area contributed by atoms with E-state index in [0.717, 1.165) is 4.47 Å². The van der Waals surface area contributed by atoms with E-state index in [1.807, 2.05) is 0 Å². The van der Waals surface area contributed by atoms with Crippen molar-refractivity contribution in [2.45, 2.75) is 0 Å². The Morgan fingerprint density at radius 3 is 2.50 bits per heavy atom. The maximum atomic E-state index is 11.9. The van der Waals surface area contributed by atoms with Crippen LogP contribution in [-0.4, -0.2) is 26.3 Å². The lowest BCUT2D eigenvalue weighted by atomic mass is 10.2. The highest BCUT2D eigenvalue weighted by Gasteiger charge is 2.05. The number of carbonyl (C=O) groups excluding carboxylic acids is 1. The highest BCUT2D eigenvalue weighted by Crippen LogP contribution is 2.22. The van der Waals surface area contributed by atoms with Crippen molar-refractivity contribution in [3.63, 3.8) is 0 Å². The Balaban J connectivity index is 2.08. The third kappa shape index (κ3) is 4.08. The smallest absolute Gasteiger partial charge is 0.271 e. The highest BCUT2D eigenvalue weighted by molar-refractivity contribution is 9.10. The number of halogens is 1. The van der Waals surface area contributed by atoms with Gasteiger partial charge in [0.2, 0.25) is 0 Å². The minimum Gasteiger partial charge on any atom is -0.497 e. The molecule has 2 aromatic carbocycles. The first-order valence-corrected chi connectivity index (χ1v) is 7.24. The van der Waals surface area contributed by atoms with Crippen molar-refractivity contribution in [1.82, 2.24) is 5.43 Å². The number of benzene rings is 2. The molecule has 2 aromatic rings. The molecule has 0 radical (unpaired) electrons. The van der Waals surface area contributed by atoms with Crippen molar-refractivity contribution in [2.75, 3.05) is 14.2 Å². The number of hydrazone groups is 1. The van der Waals surface area contributed by atoms with Gasteiger partial charge in [-0.15, -0.1) is 0 Å². The molecular weight excluding hydrogens is 348 g/mol. The molecule has 0 saturated carbocycles. The topological polar surface area (TPSA) is 59.9 Å². The van der Waals surface area contributed by atoms with Gasteiger partial charge < -0.3 is 9.47 Å². The van der Waals surface area contributed by atoms with Gasteiger partial charge in [0, 0.05) is 15.6 Å². The van der Waals surface area contributed by atoms with Crippen LogP contribution in [0.1, 0.15) is 15.9 Å². The van der Waals surface area contributed by atoms with Crippen LogP contribution in [0.15, 0.2) is 52.0 Å². The quantitative estimate of drug-likeness (QED) is 0.656. The predicted octanol–water partition coefficient (Wildman–Crippen LogP) is 3.23. The van der Waals surface area contributed by atoms with Crippen molar-refractivity contribution < 1.29 is 14.3 Å². The molecule has 0 heterocycles. The average Bonchev–Trinajstić information content (AvgIpc) is 2.55. The molecule has 1 N–H and O–H groups in total. The van der Waals surface area contributed by atoms with E-state index in [1.54, 1.807) is 56.7 Å². The fraction of sp³-hybridized carbons (Fsp3) is 0.125. The lowest BCUT2D eigenvalue weighted by Crippen LogP contribution is -2.17. The molecule has 114 valence electrons. The predicted molar refractivity (Wildman–Crippen MR) is 88.7 cm³/mol. The van der Waals surface area contributed by atoms with E-state index < -0.39 is 0 Å². The Morgan fingerprint density at radius 1 is 1.14 bits per heavy atom. The molecule has 0 aliphatic heterocycles. The van der Waals surface area contributed by atoms with Crippen LogP contribution in [-0.2, 0) is 0 Å². The molecule has 0 aliphatic carbocycles. The van der Waals surface area contributed by atoms with Gasteiger partial charge in [-0.25, -0.2) is 5.43 Å². The summed E-state index contributed by atoms with van der Waals surface area (Å²) in [4.78, 5) is 11.9. The van der Waals surface area contributed by atoms with E-state index in [4.69, 9.17) is 9.47 Å². The zero-order valence-electron chi connectivity index (χ0n) is 12.2. The maximum absolute atomic E-state index is 11.9. The number of rotatable bonds is 5. The Bertz CT molecular complexity index is 684. The average molecular weight is 363 g/mol. The number of amides is 1. The third-order valence-electron chi connectivity index (χ3n) is 2.91. The minimum atomic E-state index is -0.286. The molecule has 1 amide bonds. The summed E-state index contributed by atoms with van der Waals surface area (Å²) in [6.07, 6.45) is 1.51. The monoisotopic (exact) mass is 362 g/mol. The maximum Gasteiger partial charge on any atom is 0.271 e. The number of methoxy groups -OCH3 is 2. The molecule has 0 atom stereocenters. The van der Waals surface area contributed by atoms with Gasteiger partial charge in [0.1, 0.15) is 11.5 Å². The first-order valence-electron chi connectivity index (χ1n) is 6.45. The fourth-order valence-corrected chi connectivity index (χ4v) is 2.03. The molecule has 2 rings (SSSR count). The Labute approximate surface area is 137 Å². The van der Waals surface area contributed by atoms with Crippen molar-refractivity contribution in [1.29, 1.82) is 0 Å². The summed E-state index contributed by atoms with van der Waals surface area (Å²) in [5.74, 6) is 1.04. The number of nitrogens with zero attached hydrogens (tertiary/aromatic N) is 1. The van der Waals surface area contributed by atoms with E-state index in [1.165, 1.54) is 6.21 Å². The molecule has 0 bridgehead atoms. The zero-order chi connectivity index (χ0) is 15.9. The van der Waals surface area contributed by atoms with Gasteiger partial charge in [-0.2, -0.15) is 5.10 Å². The molecular formula is C16H15BrN2O3. The second-order valence-corrected chi connectivity index (χ2v) is 5.23. The van der Waals surface area contributed by atoms with E-state index in [0.29, 0.717) is 22.6 Å². The van der Waals surface area contributed by atoms with Gasteiger partial charge in [-0.3, -0.25) is 4.79 Å². The van der Waals surface area contributed by atoms with Crippen LogP contribution < -0.4 is 14.9 Å². The number of carbonyl (C=O) groups is 1. The van der Waals surface area contributed by atoms with Gasteiger partial charge in [-0.05, 0) is 42.5 Å². The van der Waals surface area contributed by atoms with Gasteiger partial charge in [0.25, 0.3) is 5.91 Å². The molecule has 0 unspecified atom stereocenters. The summed E-state index contributed by atoms with van der Waals surface area (Å²) in [7, 11) is 3.15. The highest BCUT2D eigenvalue weighted by atomic mass is 79.9. The van der Waals surface area contributed by atoms with Crippen LogP contribution in [0.2, 0.25) is 0 Å². The molecule has 0 spiro atoms. The van der Waals surface area contributed by atoms with Crippen LogP contribution >= 0.6 is 15.9 Å². The summed E-state index contributed by atoms with van der Waals surface area (Å²) in [6.45, 7) is 0. The van der Waals surface area contributed by atoms with E-state index in [2.05, 4.69) is 26.5 Å². The van der Waals surface area contributed by atoms with Gasteiger partial charge >= 0.3 is 0 Å². The number of hydrogen-bond donors (Lipinski definition) is 1. The lowest BCUT2D eigenvalue weighted by molar-refractivity contribution is 0.0955. The Kier molecular flexibility index (Phi) is 5.55. The van der Waals surface area contributed by atoms with Gasteiger partial charge in [-0.1, -0.05) is 15.9 Å². The molecule has 22 heavy (non-hydrogen) atoms. The Hall–Kier alpha value is -2.34. The Morgan fingerprint density at radius 2 is 1.86 bits per heavy atom. The summed E-state index contributed by atoms with van der Waals surface area (Å²) >= 11 is 3.32. The van der Waals surface area contributed by atoms with Crippen LogP contribution in [0.25, 0.3) is 0 Å². The molecule has 5 nitrogen and oxygen atoms in total. The SMILES string of the molecule is COc1ccc(OC)c(/C=N\NC(=O)c2ccc(Br)cc2)c1. The standard InChI is InChI=1S/C16H15BrN2O3/c1-21-14-7-8-15(22-2)12(9-14)10-18-19-16(20)11-3-5-13(17)6-4-11/h3-10H,1-2H3,(H,19,20)/b18-10-. The molecule has 6 heteroatoms. The lowest BCUT2D eigenvalue weighted by Gasteiger charge is -2.06. The van der Waals surface area contributed by atoms with Crippen LogP contribution in [0.5, 0.6) is 11.5 Å². The van der Waals surface area contributed by atoms with Crippen LogP contribution in [0, 0.1) is 0 Å². The second kappa shape index (κ2) is 7.61. The van der Waals surface area contributed by atoms with Crippen molar-refractivity contribution in [3.05, 3.63) is 58.1 Å². The molecule has 0 saturated heterocycles. The molecule has 0 aromatic heterocycles. The van der Waals surface area contributed by atoms with Crippen molar-refractivity contribution in [2.24, 2.45) is 5.10 Å². The zero-order valence-corrected chi connectivity index (χ0v) is 13.8. The van der Waals surface area contributed by atoms with E-state index in [-0.39, 0.29) is 5.91 Å². The van der Waals surface area contributed by atoms with E-state index in [9.17, 15) is 4.79 Å². The largest absolute Gasteiger partial charge is 0.497 e. The summed E-state index contributed by atoms with van der Waals surface area (Å²) in [5, 5.41) is 3.95. The number of ether oxygens (including phenoxy) is 2. The summed E-state index contributed by atoms with van der Waals surface area (Å²) in [5.41, 5.74) is 3.71. The first kappa shape index (κ1) is 16.0. The van der Waals surface area contributed by atoms with Crippen LogP contribution in [0.4, 0.5) is 0 Å². The molecule has 0 aliphatic rings. The summed E-state index contributed by atoms with van der Waals surface area (Å²) < 4.78 is 11.3. The van der Waals surface area contributed by atoms with Crippen molar-refractivity contribution >= 4 is 28.1 Å². The first-order chi connectivity index (χ1) is 10.6. The normalized spacial score (nSPS) is 10.5. The second-order valence-electron chi connectivity index (χ2n) is 4.31. The van der Waals surface area contributed by atoms with E-state index >= 15 is 0 Å². The summed E-state index contributed by atoms with van der Waals surface area (Å²) in [6, 6.07) is 12.3.